The van der Waals surface area contributed by atoms with E-state index in [1.165, 1.54) is 9.13 Å². The smallest absolute Gasteiger partial charge is 0.332 e. The Labute approximate surface area is 167 Å². The van der Waals surface area contributed by atoms with Crippen LogP contribution in [0.5, 0.6) is 0 Å². The SMILES string of the molecule is COCCn1c(C)c(C)n2c3c(=O)n(CCc4ccccc4)c(=O)n(C)c3nc12. The molecule has 8 nitrogen and oxygen atoms in total. The average Bonchev–Trinajstić information content (AvgIpc) is 3.22. The number of nitrogens with zero attached hydrogens (tertiary/aromatic N) is 5. The highest BCUT2D eigenvalue weighted by Gasteiger charge is 2.22. The third-order valence-electron chi connectivity index (χ3n) is 5.62. The summed E-state index contributed by atoms with van der Waals surface area (Å²) in [4.78, 5) is 30.9. The number of ether oxygens (including phenoxy) is 1. The van der Waals surface area contributed by atoms with Crippen molar-refractivity contribution in [1.29, 1.82) is 0 Å². The zero-order chi connectivity index (χ0) is 20.7. The van der Waals surface area contributed by atoms with Crippen LogP contribution in [0.3, 0.4) is 0 Å². The molecule has 0 unspecified atom stereocenters. The van der Waals surface area contributed by atoms with Crippen LogP contribution in [0, 0.1) is 13.8 Å². The molecule has 0 aliphatic heterocycles. The minimum Gasteiger partial charge on any atom is -0.383 e. The molecular weight excluding hydrogens is 370 g/mol. The second-order valence-corrected chi connectivity index (χ2v) is 7.27. The van der Waals surface area contributed by atoms with E-state index in [-0.39, 0.29) is 11.2 Å². The standard InChI is InChI=1S/C21H25N5O3/c1-14-15(2)26-17-18(22-20(26)24(14)12-13-29-4)23(3)21(28)25(19(17)27)11-10-16-8-6-5-7-9-16/h5-9H,10-13H2,1-4H3. The third-order valence-corrected chi connectivity index (χ3v) is 5.62. The van der Waals surface area contributed by atoms with Gasteiger partial charge in [-0.1, -0.05) is 30.3 Å². The summed E-state index contributed by atoms with van der Waals surface area (Å²) in [6.45, 7) is 5.45. The normalized spacial score (nSPS) is 11.7. The molecule has 0 spiro atoms. The third kappa shape index (κ3) is 3.00. The Balaban J connectivity index is 1.92. The number of imidazole rings is 2. The number of benzene rings is 1. The molecule has 3 heterocycles. The van der Waals surface area contributed by atoms with E-state index in [0.29, 0.717) is 43.1 Å². The summed E-state index contributed by atoms with van der Waals surface area (Å²) in [5, 5.41) is 0. The summed E-state index contributed by atoms with van der Waals surface area (Å²) in [5.41, 5.74) is 3.22. The molecule has 4 rings (SSSR count). The van der Waals surface area contributed by atoms with E-state index in [0.717, 1.165) is 17.0 Å². The van der Waals surface area contributed by atoms with Gasteiger partial charge in [0.05, 0.1) is 6.61 Å². The van der Waals surface area contributed by atoms with E-state index < -0.39 is 0 Å². The summed E-state index contributed by atoms with van der Waals surface area (Å²) in [6, 6.07) is 9.84. The van der Waals surface area contributed by atoms with Crippen molar-refractivity contribution in [1.82, 2.24) is 23.1 Å². The first-order chi connectivity index (χ1) is 14.0. The van der Waals surface area contributed by atoms with E-state index in [1.54, 1.807) is 14.2 Å². The van der Waals surface area contributed by atoms with Crippen molar-refractivity contribution < 1.29 is 4.74 Å². The second-order valence-electron chi connectivity index (χ2n) is 7.27. The average molecular weight is 395 g/mol. The lowest BCUT2D eigenvalue weighted by Crippen LogP contribution is -2.39. The van der Waals surface area contributed by atoms with E-state index in [1.807, 2.05) is 53.1 Å². The van der Waals surface area contributed by atoms with Crippen molar-refractivity contribution in [3.05, 3.63) is 68.1 Å². The number of rotatable bonds is 6. The molecule has 0 atom stereocenters. The van der Waals surface area contributed by atoms with Crippen molar-refractivity contribution in [2.75, 3.05) is 13.7 Å². The number of aromatic nitrogens is 5. The van der Waals surface area contributed by atoms with Gasteiger partial charge in [-0.3, -0.25) is 18.3 Å². The maximum absolute atomic E-state index is 13.3. The Morgan fingerprint density at radius 1 is 1.00 bits per heavy atom. The molecule has 0 fully saturated rings. The van der Waals surface area contributed by atoms with E-state index in [2.05, 4.69) is 4.98 Å². The molecule has 0 saturated carbocycles. The lowest BCUT2D eigenvalue weighted by Gasteiger charge is -2.09. The van der Waals surface area contributed by atoms with Gasteiger partial charge in [0.1, 0.15) is 0 Å². The summed E-state index contributed by atoms with van der Waals surface area (Å²) in [5.74, 6) is 0.653. The van der Waals surface area contributed by atoms with Crippen LogP contribution in [-0.2, 0) is 31.3 Å². The van der Waals surface area contributed by atoms with Gasteiger partial charge in [0.2, 0.25) is 5.78 Å². The molecule has 8 heteroatoms. The fourth-order valence-corrected chi connectivity index (χ4v) is 3.85. The van der Waals surface area contributed by atoms with Gasteiger partial charge in [-0.25, -0.2) is 4.79 Å². The van der Waals surface area contributed by atoms with Crippen molar-refractivity contribution in [2.24, 2.45) is 7.05 Å². The van der Waals surface area contributed by atoms with Crippen LogP contribution < -0.4 is 11.2 Å². The minimum absolute atomic E-state index is 0.307. The van der Waals surface area contributed by atoms with Crippen LogP contribution in [-0.4, -0.2) is 36.8 Å². The first kappa shape index (κ1) is 19.2. The maximum Gasteiger partial charge on any atom is 0.332 e. The fourth-order valence-electron chi connectivity index (χ4n) is 3.85. The van der Waals surface area contributed by atoms with Crippen molar-refractivity contribution >= 4 is 16.9 Å². The molecule has 0 amide bonds. The Hall–Kier alpha value is -3.13. The fraction of sp³-hybridized carbons (Fsp3) is 0.381. The topological polar surface area (TPSA) is 75.5 Å². The van der Waals surface area contributed by atoms with Crippen LogP contribution in [0.1, 0.15) is 17.0 Å². The predicted octanol–water partition coefficient (Wildman–Crippen LogP) is 1.66. The molecule has 0 saturated heterocycles. The molecule has 152 valence electrons. The van der Waals surface area contributed by atoms with E-state index >= 15 is 0 Å². The van der Waals surface area contributed by atoms with E-state index in [4.69, 9.17) is 4.74 Å². The summed E-state index contributed by atoms with van der Waals surface area (Å²) < 4.78 is 11.9. The van der Waals surface area contributed by atoms with Gasteiger partial charge in [0.15, 0.2) is 11.2 Å². The predicted molar refractivity (Wildman–Crippen MR) is 112 cm³/mol. The first-order valence-corrected chi connectivity index (χ1v) is 9.66. The number of hydrogen-bond acceptors (Lipinski definition) is 4. The van der Waals surface area contributed by atoms with Crippen LogP contribution in [0.4, 0.5) is 0 Å². The van der Waals surface area contributed by atoms with Crippen LogP contribution >= 0.6 is 0 Å². The molecular formula is C21H25N5O3. The highest BCUT2D eigenvalue weighted by atomic mass is 16.5. The molecule has 4 aromatic rings. The maximum atomic E-state index is 13.3. The molecule has 0 radical (unpaired) electrons. The van der Waals surface area contributed by atoms with Gasteiger partial charge in [0, 0.05) is 38.6 Å². The van der Waals surface area contributed by atoms with Gasteiger partial charge in [-0.2, -0.15) is 4.98 Å². The Kier molecular flexibility index (Phi) is 4.87. The Bertz CT molecular complexity index is 1310. The molecule has 1 aromatic carbocycles. The molecule has 0 aliphatic carbocycles. The molecule has 3 aromatic heterocycles. The van der Waals surface area contributed by atoms with Crippen LogP contribution in [0.15, 0.2) is 39.9 Å². The quantitative estimate of drug-likeness (QED) is 0.498. The highest BCUT2D eigenvalue weighted by Crippen LogP contribution is 2.20. The van der Waals surface area contributed by atoms with Crippen LogP contribution in [0.2, 0.25) is 0 Å². The van der Waals surface area contributed by atoms with Gasteiger partial charge in [-0.15, -0.1) is 0 Å². The number of aryl methyl sites for hydroxylation is 3. The largest absolute Gasteiger partial charge is 0.383 e. The summed E-state index contributed by atoms with van der Waals surface area (Å²) in [7, 11) is 3.32. The monoisotopic (exact) mass is 395 g/mol. The lowest BCUT2D eigenvalue weighted by atomic mass is 10.1. The number of hydrogen-bond donors (Lipinski definition) is 0. The first-order valence-electron chi connectivity index (χ1n) is 9.66. The Morgan fingerprint density at radius 3 is 2.41 bits per heavy atom. The minimum atomic E-state index is -0.350. The molecule has 0 aliphatic rings. The summed E-state index contributed by atoms with van der Waals surface area (Å²) >= 11 is 0. The summed E-state index contributed by atoms with van der Waals surface area (Å²) in [6.07, 6.45) is 0.607. The van der Waals surface area contributed by atoms with Crippen molar-refractivity contribution in [3.8, 4) is 0 Å². The molecule has 29 heavy (non-hydrogen) atoms. The van der Waals surface area contributed by atoms with E-state index in [9.17, 15) is 9.59 Å². The zero-order valence-corrected chi connectivity index (χ0v) is 17.2. The Morgan fingerprint density at radius 2 is 1.72 bits per heavy atom. The highest BCUT2D eigenvalue weighted by molar-refractivity contribution is 5.76. The number of fused-ring (bicyclic) bond motifs is 3. The van der Waals surface area contributed by atoms with Crippen molar-refractivity contribution in [3.63, 3.8) is 0 Å². The molecule has 0 bridgehead atoms. The molecule has 0 N–H and O–H groups in total. The number of methoxy groups -OCH3 is 1. The lowest BCUT2D eigenvalue weighted by molar-refractivity contribution is 0.187. The second kappa shape index (κ2) is 7.36. The van der Waals surface area contributed by atoms with Crippen LogP contribution in [0.25, 0.3) is 16.9 Å². The van der Waals surface area contributed by atoms with Gasteiger partial charge in [-0.05, 0) is 25.8 Å². The van der Waals surface area contributed by atoms with Crippen molar-refractivity contribution in [2.45, 2.75) is 33.4 Å². The van der Waals surface area contributed by atoms with Gasteiger partial charge in [0.25, 0.3) is 5.56 Å². The van der Waals surface area contributed by atoms with Gasteiger partial charge >= 0.3 is 5.69 Å². The zero-order valence-electron chi connectivity index (χ0n) is 17.2. The van der Waals surface area contributed by atoms with Gasteiger partial charge < -0.3 is 9.30 Å².